The van der Waals surface area contributed by atoms with Gasteiger partial charge in [-0.3, -0.25) is 14.9 Å². The van der Waals surface area contributed by atoms with Gasteiger partial charge < -0.3 is 10.1 Å². The maximum atomic E-state index is 11.8. The van der Waals surface area contributed by atoms with Gasteiger partial charge in [-0.15, -0.1) is 11.8 Å². The number of nitrogens with one attached hydrogen (secondary N) is 2. The van der Waals surface area contributed by atoms with E-state index in [4.69, 9.17) is 16.3 Å². The van der Waals surface area contributed by atoms with E-state index in [0.29, 0.717) is 5.02 Å². The average molecular weight is 357 g/mol. The number of hydrogen-bond acceptors (Lipinski definition) is 5. The Balaban J connectivity index is 1.69. The van der Waals surface area contributed by atoms with E-state index in [1.54, 1.807) is 31.2 Å². The van der Waals surface area contributed by atoms with Crippen molar-refractivity contribution in [3.63, 3.8) is 0 Å². The molecule has 0 aromatic heterocycles. The molecule has 0 radical (unpaired) electrons. The Morgan fingerprint density at radius 3 is 2.57 bits per heavy atom. The second-order valence-corrected chi connectivity index (χ2v) is 6.97. The summed E-state index contributed by atoms with van der Waals surface area (Å²) in [5.41, 5.74) is 0. The zero-order chi connectivity index (χ0) is 16.8. The molecule has 1 saturated carbocycles. The monoisotopic (exact) mass is 356 g/mol. The number of rotatable bonds is 6. The van der Waals surface area contributed by atoms with Crippen LogP contribution in [0.3, 0.4) is 0 Å². The zero-order valence-electron chi connectivity index (χ0n) is 12.5. The van der Waals surface area contributed by atoms with Crippen molar-refractivity contribution in [1.82, 2.24) is 10.6 Å². The molecular formula is C15H17ClN2O4S. The molecule has 8 heteroatoms. The van der Waals surface area contributed by atoms with Gasteiger partial charge in [0.1, 0.15) is 5.25 Å². The van der Waals surface area contributed by atoms with Gasteiger partial charge >= 0.3 is 12.0 Å². The van der Waals surface area contributed by atoms with Crippen LogP contribution in [0.1, 0.15) is 19.8 Å². The van der Waals surface area contributed by atoms with Crippen LogP contribution in [0.25, 0.3) is 0 Å². The molecule has 0 unspecified atom stereocenters. The number of carbonyl (C=O) groups excluding carboxylic acids is 3. The SMILES string of the molecule is C[C@@H](Sc1ccc(Cl)cc1)C(=O)OCC(=O)NC(=O)NC1CC1. The van der Waals surface area contributed by atoms with Crippen molar-refractivity contribution in [2.75, 3.05) is 6.61 Å². The molecule has 0 heterocycles. The van der Waals surface area contributed by atoms with E-state index in [0.717, 1.165) is 17.7 Å². The Labute approximate surface area is 143 Å². The van der Waals surface area contributed by atoms with Crippen LogP contribution in [0, 0.1) is 0 Å². The Hall–Kier alpha value is -1.73. The third-order valence-corrected chi connectivity index (χ3v) is 4.31. The van der Waals surface area contributed by atoms with E-state index in [9.17, 15) is 14.4 Å². The van der Waals surface area contributed by atoms with Gasteiger partial charge in [-0.2, -0.15) is 0 Å². The molecule has 1 atom stereocenters. The van der Waals surface area contributed by atoms with E-state index < -0.39 is 29.8 Å². The highest BCUT2D eigenvalue weighted by Crippen LogP contribution is 2.25. The van der Waals surface area contributed by atoms with Crippen LogP contribution < -0.4 is 10.6 Å². The van der Waals surface area contributed by atoms with Crippen molar-refractivity contribution >= 4 is 41.3 Å². The van der Waals surface area contributed by atoms with Gasteiger partial charge in [0.2, 0.25) is 0 Å². The number of urea groups is 1. The minimum Gasteiger partial charge on any atom is -0.455 e. The molecule has 124 valence electrons. The second-order valence-electron chi connectivity index (χ2n) is 5.12. The largest absolute Gasteiger partial charge is 0.455 e. The summed E-state index contributed by atoms with van der Waals surface area (Å²) in [6.45, 7) is 1.20. The van der Waals surface area contributed by atoms with Gasteiger partial charge in [0.25, 0.3) is 5.91 Å². The summed E-state index contributed by atoms with van der Waals surface area (Å²) in [7, 11) is 0. The molecule has 0 aliphatic heterocycles. The number of hydrogen-bond donors (Lipinski definition) is 2. The summed E-state index contributed by atoms with van der Waals surface area (Å²) in [6, 6.07) is 6.65. The summed E-state index contributed by atoms with van der Waals surface area (Å²) in [6.07, 6.45) is 1.85. The third kappa shape index (κ3) is 6.50. The van der Waals surface area contributed by atoms with Crippen molar-refractivity contribution in [1.29, 1.82) is 0 Å². The van der Waals surface area contributed by atoms with Crippen molar-refractivity contribution < 1.29 is 19.1 Å². The van der Waals surface area contributed by atoms with Crippen LogP contribution in [-0.4, -0.2) is 35.8 Å². The smallest absolute Gasteiger partial charge is 0.321 e. The Morgan fingerprint density at radius 1 is 1.30 bits per heavy atom. The lowest BCUT2D eigenvalue weighted by Crippen LogP contribution is -2.42. The minimum absolute atomic E-state index is 0.154. The average Bonchev–Trinajstić information content (AvgIpc) is 3.30. The normalized spacial score (nSPS) is 14.7. The van der Waals surface area contributed by atoms with Crippen molar-refractivity contribution in [3.8, 4) is 0 Å². The van der Waals surface area contributed by atoms with Crippen LogP contribution >= 0.6 is 23.4 Å². The molecular weight excluding hydrogens is 340 g/mol. The molecule has 6 nitrogen and oxygen atoms in total. The maximum absolute atomic E-state index is 11.8. The molecule has 1 aliphatic rings. The number of thioether (sulfide) groups is 1. The first-order valence-electron chi connectivity index (χ1n) is 7.13. The molecule has 1 aliphatic carbocycles. The minimum atomic E-state index is -0.653. The van der Waals surface area contributed by atoms with Crippen LogP contribution in [0.2, 0.25) is 5.02 Å². The zero-order valence-corrected chi connectivity index (χ0v) is 14.1. The number of ether oxygens (including phenoxy) is 1. The maximum Gasteiger partial charge on any atom is 0.321 e. The molecule has 1 aromatic carbocycles. The van der Waals surface area contributed by atoms with E-state index in [1.807, 2.05) is 0 Å². The van der Waals surface area contributed by atoms with Crippen molar-refractivity contribution in [3.05, 3.63) is 29.3 Å². The summed E-state index contributed by atoms with van der Waals surface area (Å²) in [5, 5.41) is 4.85. The fourth-order valence-corrected chi connectivity index (χ4v) is 2.62. The number of imide groups is 1. The van der Waals surface area contributed by atoms with Gasteiger partial charge in [-0.1, -0.05) is 11.6 Å². The van der Waals surface area contributed by atoms with E-state index >= 15 is 0 Å². The van der Waals surface area contributed by atoms with Gasteiger partial charge in [0.15, 0.2) is 6.61 Å². The number of carbonyl (C=O) groups is 3. The van der Waals surface area contributed by atoms with E-state index in [2.05, 4.69) is 10.6 Å². The molecule has 0 bridgehead atoms. The number of amides is 3. The molecule has 2 rings (SSSR count). The topological polar surface area (TPSA) is 84.5 Å². The highest BCUT2D eigenvalue weighted by Gasteiger charge is 2.24. The number of halogens is 1. The molecule has 2 N–H and O–H groups in total. The molecule has 23 heavy (non-hydrogen) atoms. The lowest BCUT2D eigenvalue weighted by Gasteiger charge is -2.11. The molecule has 0 spiro atoms. The van der Waals surface area contributed by atoms with Crippen LogP contribution in [0.15, 0.2) is 29.2 Å². The van der Waals surface area contributed by atoms with E-state index in [-0.39, 0.29) is 6.04 Å². The lowest BCUT2D eigenvalue weighted by molar-refractivity contribution is -0.147. The fourth-order valence-electron chi connectivity index (χ4n) is 1.63. The molecule has 1 fully saturated rings. The highest BCUT2D eigenvalue weighted by atomic mass is 35.5. The molecule has 0 saturated heterocycles. The Kier molecular flexibility index (Phi) is 6.29. The molecule has 3 amide bonds. The summed E-state index contributed by atoms with van der Waals surface area (Å²) in [4.78, 5) is 35.6. The van der Waals surface area contributed by atoms with Crippen LogP contribution in [-0.2, 0) is 14.3 Å². The second kappa shape index (κ2) is 8.21. The van der Waals surface area contributed by atoms with Gasteiger partial charge in [0.05, 0.1) is 0 Å². The summed E-state index contributed by atoms with van der Waals surface area (Å²) < 4.78 is 4.91. The van der Waals surface area contributed by atoms with Gasteiger partial charge in [-0.05, 0) is 44.0 Å². The van der Waals surface area contributed by atoms with Crippen LogP contribution in [0.4, 0.5) is 4.79 Å². The lowest BCUT2D eigenvalue weighted by atomic mass is 10.4. The van der Waals surface area contributed by atoms with Crippen molar-refractivity contribution in [2.45, 2.75) is 36.0 Å². The van der Waals surface area contributed by atoms with Gasteiger partial charge in [0, 0.05) is 16.0 Å². The quantitative estimate of drug-likeness (QED) is 0.603. The Bertz CT molecular complexity index is 590. The highest BCUT2D eigenvalue weighted by molar-refractivity contribution is 8.00. The first-order chi connectivity index (χ1) is 10.9. The first kappa shape index (κ1) is 17.6. The fraction of sp³-hybridized carbons (Fsp3) is 0.400. The summed E-state index contributed by atoms with van der Waals surface area (Å²) in [5.74, 6) is -1.18. The standard InChI is InChI=1S/C15H17ClN2O4S/c1-9(23-12-6-2-10(16)3-7-12)14(20)22-8-13(19)18-15(21)17-11-4-5-11/h2-3,6-7,9,11H,4-5,8H2,1H3,(H2,17,18,19,21)/t9-/m1/s1. The third-order valence-electron chi connectivity index (χ3n) is 2.97. The number of esters is 1. The predicted octanol–water partition coefficient (Wildman–Crippen LogP) is 2.35. The van der Waals surface area contributed by atoms with Crippen molar-refractivity contribution in [2.24, 2.45) is 0 Å². The number of benzene rings is 1. The van der Waals surface area contributed by atoms with Gasteiger partial charge in [-0.25, -0.2) is 4.79 Å². The Morgan fingerprint density at radius 2 is 1.96 bits per heavy atom. The van der Waals surface area contributed by atoms with Crippen LogP contribution in [0.5, 0.6) is 0 Å². The first-order valence-corrected chi connectivity index (χ1v) is 8.39. The summed E-state index contributed by atoms with van der Waals surface area (Å²) >= 11 is 7.09. The predicted molar refractivity (Wildman–Crippen MR) is 87.4 cm³/mol. The molecule has 1 aromatic rings. The van der Waals surface area contributed by atoms with E-state index in [1.165, 1.54) is 11.8 Å².